The number of rotatable bonds is 6. The number of thioether (sulfide) groups is 1. The molecule has 1 amide bonds. The number of hydrogen-bond donors (Lipinski definition) is 2. The monoisotopic (exact) mass is 397 g/mol. The van der Waals surface area contributed by atoms with Gasteiger partial charge in [0.15, 0.2) is 4.34 Å². The number of hydrogen-bond acceptors (Lipinski definition) is 7. The molecular formula is C18H15N5O2S2. The lowest BCUT2D eigenvalue weighted by molar-refractivity contribution is 0.102. The van der Waals surface area contributed by atoms with E-state index in [1.165, 1.54) is 0 Å². The normalized spacial score (nSPS) is 10.9. The molecule has 4 rings (SSSR count). The fraction of sp³-hybridized carbons (Fsp3) is 0.111. The van der Waals surface area contributed by atoms with Crippen molar-refractivity contribution in [2.75, 3.05) is 12.4 Å². The highest BCUT2D eigenvalue weighted by Crippen LogP contribution is 2.30. The number of amides is 1. The van der Waals surface area contributed by atoms with Gasteiger partial charge in [0.2, 0.25) is 5.95 Å². The summed E-state index contributed by atoms with van der Waals surface area (Å²) in [5.41, 5.74) is 1.50. The first-order valence-corrected chi connectivity index (χ1v) is 9.86. The molecule has 0 bridgehead atoms. The lowest BCUT2D eigenvalue weighted by Crippen LogP contribution is -2.12. The van der Waals surface area contributed by atoms with E-state index in [1.54, 1.807) is 54.5 Å². The van der Waals surface area contributed by atoms with E-state index in [4.69, 9.17) is 4.74 Å². The van der Waals surface area contributed by atoms with E-state index in [9.17, 15) is 4.79 Å². The van der Waals surface area contributed by atoms with Gasteiger partial charge in [-0.05, 0) is 36.4 Å². The summed E-state index contributed by atoms with van der Waals surface area (Å²) in [6, 6.07) is 14.9. The van der Waals surface area contributed by atoms with Crippen LogP contribution in [-0.2, 0) is 5.75 Å². The molecule has 2 N–H and O–H groups in total. The Hall–Kier alpha value is -2.91. The molecular weight excluding hydrogens is 382 g/mol. The number of para-hydroxylation sites is 1. The number of aromatic nitrogens is 4. The van der Waals surface area contributed by atoms with E-state index in [1.807, 2.05) is 18.2 Å². The smallest absolute Gasteiger partial charge is 0.258 e. The summed E-state index contributed by atoms with van der Waals surface area (Å²) >= 11 is 3.22. The molecule has 0 aliphatic rings. The second-order valence-corrected chi connectivity index (χ2v) is 7.78. The Labute approximate surface area is 163 Å². The van der Waals surface area contributed by atoms with Crippen molar-refractivity contribution in [2.45, 2.75) is 10.1 Å². The van der Waals surface area contributed by atoms with Crippen LogP contribution in [0.1, 0.15) is 16.2 Å². The first-order chi connectivity index (χ1) is 13.2. The third-order valence-electron chi connectivity index (χ3n) is 3.72. The Morgan fingerprint density at radius 2 is 2.00 bits per heavy atom. The lowest BCUT2D eigenvalue weighted by atomic mass is 10.2. The Morgan fingerprint density at radius 3 is 2.78 bits per heavy atom. The van der Waals surface area contributed by atoms with Gasteiger partial charge in [0, 0.05) is 5.56 Å². The van der Waals surface area contributed by atoms with Crippen molar-refractivity contribution in [3.05, 3.63) is 59.9 Å². The Morgan fingerprint density at radius 1 is 1.19 bits per heavy atom. The van der Waals surface area contributed by atoms with Crippen LogP contribution in [0.3, 0.4) is 0 Å². The summed E-state index contributed by atoms with van der Waals surface area (Å²) in [5, 5.41) is 9.57. The van der Waals surface area contributed by atoms with Crippen LogP contribution in [-0.4, -0.2) is 33.2 Å². The molecule has 0 radical (unpaired) electrons. The summed E-state index contributed by atoms with van der Waals surface area (Å²) in [6.07, 6.45) is 0. The van der Waals surface area contributed by atoms with Crippen molar-refractivity contribution in [1.82, 2.24) is 20.2 Å². The molecule has 2 aromatic heterocycles. The highest BCUT2D eigenvalue weighted by atomic mass is 32.2. The maximum absolute atomic E-state index is 12.2. The number of nitrogens with one attached hydrogen (secondary N) is 2. The molecule has 7 nitrogen and oxygen atoms in total. The molecule has 136 valence electrons. The Kier molecular flexibility index (Phi) is 5.03. The SMILES string of the molecule is COc1ccc(C(=O)Nc2n[nH]c(CSc3nc4ccccc4s3)n2)cc1. The summed E-state index contributed by atoms with van der Waals surface area (Å²) in [4.78, 5) is 21.1. The molecule has 9 heteroatoms. The van der Waals surface area contributed by atoms with Gasteiger partial charge in [-0.3, -0.25) is 15.2 Å². The van der Waals surface area contributed by atoms with E-state index < -0.39 is 0 Å². The number of carbonyl (C=O) groups excluding carboxylic acids is 1. The Bertz CT molecular complexity index is 1040. The molecule has 0 saturated carbocycles. The average molecular weight is 397 g/mol. The van der Waals surface area contributed by atoms with E-state index >= 15 is 0 Å². The van der Waals surface area contributed by atoms with E-state index in [2.05, 4.69) is 31.5 Å². The number of fused-ring (bicyclic) bond motifs is 1. The summed E-state index contributed by atoms with van der Waals surface area (Å²) in [5.74, 6) is 1.92. The van der Waals surface area contributed by atoms with Crippen LogP contribution in [0.15, 0.2) is 52.9 Å². The van der Waals surface area contributed by atoms with E-state index in [0.29, 0.717) is 22.9 Å². The van der Waals surface area contributed by atoms with Crippen LogP contribution in [0.2, 0.25) is 0 Å². The van der Waals surface area contributed by atoms with Crippen molar-refractivity contribution in [3.63, 3.8) is 0 Å². The maximum Gasteiger partial charge on any atom is 0.258 e. The number of thiazole rings is 1. The van der Waals surface area contributed by atoms with Crippen LogP contribution in [0.5, 0.6) is 5.75 Å². The second-order valence-electron chi connectivity index (χ2n) is 5.52. The zero-order chi connectivity index (χ0) is 18.6. The van der Waals surface area contributed by atoms with Gasteiger partial charge in [-0.25, -0.2) is 4.98 Å². The molecule has 2 heterocycles. The van der Waals surface area contributed by atoms with E-state index in [0.717, 1.165) is 14.6 Å². The fourth-order valence-corrected chi connectivity index (χ4v) is 4.31. The topological polar surface area (TPSA) is 92.8 Å². The number of aromatic amines is 1. The number of ether oxygens (including phenoxy) is 1. The molecule has 0 unspecified atom stereocenters. The van der Waals surface area contributed by atoms with Gasteiger partial charge in [0.05, 0.1) is 23.1 Å². The highest BCUT2D eigenvalue weighted by Gasteiger charge is 2.11. The number of nitrogens with zero attached hydrogens (tertiary/aromatic N) is 3. The summed E-state index contributed by atoms with van der Waals surface area (Å²) < 4.78 is 7.21. The largest absolute Gasteiger partial charge is 0.497 e. The molecule has 0 atom stereocenters. The standard InChI is InChI=1S/C18H15N5O2S2/c1-25-12-8-6-11(7-9-12)16(24)21-17-20-15(22-23-17)10-26-18-19-13-4-2-3-5-14(13)27-18/h2-9H,10H2,1H3,(H2,20,21,22,23,24). The van der Waals surface area contributed by atoms with Crippen molar-refractivity contribution >= 4 is 45.2 Å². The molecule has 0 saturated heterocycles. The van der Waals surface area contributed by atoms with Crippen LogP contribution in [0.4, 0.5) is 5.95 Å². The predicted octanol–water partition coefficient (Wildman–Crippen LogP) is 3.97. The van der Waals surface area contributed by atoms with Crippen LogP contribution in [0, 0.1) is 0 Å². The fourth-order valence-electron chi connectivity index (χ4n) is 2.37. The van der Waals surface area contributed by atoms with Crippen molar-refractivity contribution < 1.29 is 9.53 Å². The van der Waals surface area contributed by atoms with Gasteiger partial charge in [-0.1, -0.05) is 23.9 Å². The van der Waals surface area contributed by atoms with Gasteiger partial charge < -0.3 is 4.74 Å². The minimum atomic E-state index is -0.276. The second kappa shape index (κ2) is 7.77. The quantitative estimate of drug-likeness (QED) is 0.478. The number of H-pyrrole nitrogens is 1. The molecule has 0 fully saturated rings. The van der Waals surface area contributed by atoms with Gasteiger partial charge in [0.1, 0.15) is 11.6 Å². The van der Waals surface area contributed by atoms with Crippen molar-refractivity contribution in [1.29, 1.82) is 0 Å². The minimum absolute atomic E-state index is 0.246. The molecule has 27 heavy (non-hydrogen) atoms. The lowest BCUT2D eigenvalue weighted by Gasteiger charge is -2.02. The number of methoxy groups -OCH3 is 1. The maximum atomic E-state index is 12.2. The van der Waals surface area contributed by atoms with Crippen molar-refractivity contribution in [2.24, 2.45) is 0 Å². The molecule has 0 spiro atoms. The first kappa shape index (κ1) is 17.5. The van der Waals surface area contributed by atoms with E-state index in [-0.39, 0.29) is 11.9 Å². The highest BCUT2D eigenvalue weighted by molar-refractivity contribution is 8.00. The third-order valence-corrected chi connectivity index (χ3v) is 5.91. The molecule has 2 aromatic carbocycles. The summed E-state index contributed by atoms with van der Waals surface area (Å²) in [7, 11) is 1.58. The number of benzene rings is 2. The predicted molar refractivity (Wildman–Crippen MR) is 107 cm³/mol. The van der Waals surface area contributed by atoms with Crippen LogP contribution in [0.25, 0.3) is 10.2 Å². The average Bonchev–Trinajstić information content (AvgIpc) is 3.32. The van der Waals surface area contributed by atoms with Gasteiger partial charge in [0.25, 0.3) is 5.91 Å². The van der Waals surface area contributed by atoms with Gasteiger partial charge in [-0.15, -0.1) is 16.4 Å². The minimum Gasteiger partial charge on any atom is -0.497 e. The Balaban J connectivity index is 1.37. The van der Waals surface area contributed by atoms with Crippen LogP contribution >= 0.6 is 23.1 Å². The third kappa shape index (κ3) is 4.09. The molecule has 4 aromatic rings. The number of anilines is 1. The zero-order valence-electron chi connectivity index (χ0n) is 14.3. The van der Waals surface area contributed by atoms with Gasteiger partial charge >= 0.3 is 0 Å². The summed E-state index contributed by atoms with van der Waals surface area (Å²) in [6.45, 7) is 0. The molecule has 0 aliphatic heterocycles. The number of carbonyl (C=O) groups is 1. The first-order valence-electron chi connectivity index (χ1n) is 8.06. The van der Waals surface area contributed by atoms with Crippen LogP contribution < -0.4 is 10.1 Å². The molecule has 0 aliphatic carbocycles. The van der Waals surface area contributed by atoms with Crippen molar-refractivity contribution in [3.8, 4) is 5.75 Å². The zero-order valence-corrected chi connectivity index (χ0v) is 15.9. The van der Waals surface area contributed by atoms with Gasteiger partial charge in [-0.2, -0.15) is 4.98 Å².